The number of hydrogen-bond donors (Lipinski definition) is 1. The molecule has 0 aliphatic heterocycles. The van der Waals surface area contributed by atoms with Crippen molar-refractivity contribution in [3.05, 3.63) is 35.6 Å². The number of ether oxygens (including phenoxy) is 1. The van der Waals surface area contributed by atoms with E-state index in [1.807, 2.05) is 0 Å². The maximum absolute atomic E-state index is 13.4. The molecule has 1 atom stereocenters. The predicted octanol–water partition coefficient (Wildman–Crippen LogP) is 2.00. The summed E-state index contributed by atoms with van der Waals surface area (Å²) in [6.45, 7) is 2.22. The largest absolute Gasteiger partial charge is 0.465 e. The van der Waals surface area contributed by atoms with Gasteiger partial charge in [0.25, 0.3) is 0 Å². The standard InChI is InChI=1S/C14H18FNO2/c1-2-18-13(17)14(9-16,10-6-7-10)11-4-3-5-12(15)8-11/h3-5,8,10H,2,6-7,9,16H2,1H3. The van der Waals surface area contributed by atoms with Crippen molar-refractivity contribution in [3.8, 4) is 0 Å². The third kappa shape index (κ3) is 2.12. The number of halogens is 1. The van der Waals surface area contributed by atoms with E-state index in [-0.39, 0.29) is 24.2 Å². The average molecular weight is 251 g/mol. The minimum Gasteiger partial charge on any atom is -0.465 e. The Labute approximate surface area is 106 Å². The first kappa shape index (κ1) is 13.0. The lowest BCUT2D eigenvalue weighted by Crippen LogP contribution is -2.46. The van der Waals surface area contributed by atoms with Gasteiger partial charge in [-0.1, -0.05) is 12.1 Å². The monoisotopic (exact) mass is 251 g/mol. The second-order valence-electron chi connectivity index (χ2n) is 4.68. The Morgan fingerprint density at radius 1 is 1.56 bits per heavy atom. The molecular weight excluding hydrogens is 233 g/mol. The van der Waals surface area contributed by atoms with Gasteiger partial charge in [0.15, 0.2) is 0 Å². The Morgan fingerprint density at radius 3 is 2.78 bits per heavy atom. The molecule has 1 aliphatic carbocycles. The molecule has 2 N–H and O–H groups in total. The normalized spacial score (nSPS) is 18.2. The van der Waals surface area contributed by atoms with Gasteiger partial charge in [-0.3, -0.25) is 4.79 Å². The van der Waals surface area contributed by atoms with Crippen LogP contribution in [0.25, 0.3) is 0 Å². The molecule has 1 aliphatic rings. The number of benzene rings is 1. The van der Waals surface area contributed by atoms with Crippen LogP contribution in [0.15, 0.2) is 24.3 Å². The highest BCUT2D eigenvalue weighted by molar-refractivity contribution is 5.84. The van der Waals surface area contributed by atoms with Crippen molar-refractivity contribution in [1.82, 2.24) is 0 Å². The van der Waals surface area contributed by atoms with E-state index in [1.165, 1.54) is 12.1 Å². The van der Waals surface area contributed by atoms with Crippen LogP contribution in [0.1, 0.15) is 25.3 Å². The molecule has 4 heteroatoms. The van der Waals surface area contributed by atoms with Crippen molar-refractivity contribution < 1.29 is 13.9 Å². The molecule has 0 amide bonds. The fraction of sp³-hybridized carbons (Fsp3) is 0.500. The molecule has 2 rings (SSSR count). The summed E-state index contributed by atoms with van der Waals surface area (Å²) >= 11 is 0. The van der Waals surface area contributed by atoms with Crippen LogP contribution in [0, 0.1) is 11.7 Å². The summed E-state index contributed by atoms with van der Waals surface area (Å²) in [7, 11) is 0. The van der Waals surface area contributed by atoms with Crippen LogP contribution in [-0.2, 0) is 14.9 Å². The van der Waals surface area contributed by atoms with Crippen LogP contribution in [0.4, 0.5) is 4.39 Å². The van der Waals surface area contributed by atoms with E-state index in [9.17, 15) is 9.18 Å². The van der Waals surface area contributed by atoms with Crippen LogP contribution in [-0.4, -0.2) is 19.1 Å². The molecule has 0 saturated heterocycles. The van der Waals surface area contributed by atoms with E-state index in [4.69, 9.17) is 10.5 Å². The molecule has 0 heterocycles. The van der Waals surface area contributed by atoms with Gasteiger partial charge in [0, 0.05) is 6.54 Å². The lowest BCUT2D eigenvalue weighted by molar-refractivity contribution is -0.150. The smallest absolute Gasteiger partial charge is 0.318 e. The molecule has 0 bridgehead atoms. The van der Waals surface area contributed by atoms with Crippen LogP contribution in [0.2, 0.25) is 0 Å². The van der Waals surface area contributed by atoms with E-state index in [2.05, 4.69) is 0 Å². The van der Waals surface area contributed by atoms with Crippen molar-refractivity contribution in [2.24, 2.45) is 11.7 Å². The van der Waals surface area contributed by atoms with E-state index >= 15 is 0 Å². The van der Waals surface area contributed by atoms with Crippen molar-refractivity contribution in [2.75, 3.05) is 13.2 Å². The molecular formula is C14H18FNO2. The molecule has 3 nitrogen and oxygen atoms in total. The number of nitrogens with two attached hydrogens (primary N) is 1. The first-order chi connectivity index (χ1) is 8.65. The summed E-state index contributed by atoms with van der Waals surface area (Å²) < 4.78 is 18.5. The minimum absolute atomic E-state index is 0.153. The maximum Gasteiger partial charge on any atom is 0.318 e. The molecule has 0 spiro atoms. The zero-order valence-corrected chi connectivity index (χ0v) is 10.5. The number of carbonyl (C=O) groups is 1. The van der Waals surface area contributed by atoms with E-state index in [0.717, 1.165) is 12.8 Å². The third-order valence-electron chi connectivity index (χ3n) is 3.58. The van der Waals surface area contributed by atoms with Crippen LogP contribution in [0.3, 0.4) is 0 Å². The van der Waals surface area contributed by atoms with Gasteiger partial charge in [0.05, 0.1) is 6.61 Å². The van der Waals surface area contributed by atoms with Crippen molar-refractivity contribution in [2.45, 2.75) is 25.2 Å². The Balaban J connectivity index is 2.44. The number of carbonyl (C=O) groups excluding carboxylic acids is 1. The van der Waals surface area contributed by atoms with Crippen molar-refractivity contribution in [3.63, 3.8) is 0 Å². The molecule has 18 heavy (non-hydrogen) atoms. The highest BCUT2D eigenvalue weighted by Crippen LogP contribution is 2.47. The molecule has 1 aromatic carbocycles. The van der Waals surface area contributed by atoms with Crippen LogP contribution >= 0.6 is 0 Å². The topological polar surface area (TPSA) is 52.3 Å². The Morgan fingerprint density at radius 2 is 2.28 bits per heavy atom. The minimum atomic E-state index is -0.877. The van der Waals surface area contributed by atoms with E-state index in [0.29, 0.717) is 12.2 Å². The van der Waals surface area contributed by atoms with Crippen molar-refractivity contribution in [1.29, 1.82) is 0 Å². The highest BCUT2D eigenvalue weighted by Gasteiger charge is 2.52. The van der Waals surface area contributed by atoms with E-state index in [1.54, 1.807) is 19.1 Å². The summed E-state index contributed by atoms with van der Waals surface area (Å²) in [5, 5.41) is 0. The van der Waals surface area contributed by atoms with Gasteiger partial charge in [-0.2, -0.15) is 0 Å². The Kier molecular flexibility index (Phi) is 3.66. The van der Waals surface area contributed by atoms with Gasteiger partial charge in [-0.25, -0.2) is 4.39 Å². The van der Waals surface area contributed by atoms with Gasteiger partial charge in [-0.05, 0) is 43.4 Å². The van der Waals surface area contributed by atoms with Crippen LogP contribution < -0.4 is 5.73 Å². The summed E-state index contributed by atoms with van der Waals surface area (Å²) in [6, 6.07) is 6.12. The maximum atomic E-state index is 13.4. The molecule has 0 aromatic heterocycles. The third-order valence-corrected chi connectivity index (χ3v) is 3.58. The summed E-state index contributed by atoms with van der Waals surface area (Å²) in [5.74, 6) is -0.515. The molecule has 0 radical (unpaired) electrons. The first-order valence-corrected chi connectivity index (χ1v) is 6.28. The van der Waals surface area contributed by atoms with Gasteiger partial charge in [0.2, 0.25) is 0 Å². The first-order valence-electron chi connectivity index (χ1n) is 6.28. The lowest BCUT2D eigenvalue weighted by Gasteiger charge is -2.30. The van der Waals surface area contributed by atoms with Gasteiger partial charge >= 0.3 is 5.97 Å². The zero-order chi connectivity index (χ0) is 13.2. The number of rotatable bonds is 5. The molecule has 98 valence electrons. The van der Waals surface area contributed by atoms with E-state index < -0.39 is 5.41 Å². The highest BCUT2D eigenvalue weighted by atomic mass is 19.1. The van der Waals surface area contributed by atoms with Gasteiger partial charge < -0.3 is 10.5 Å². The fourth-order valence-corrected chi connectivity index (χ4v) is 2.49. The molecule has 1 saturated carbocycles. The summed E-state index contributed by atoms with van der Waals surface area (Å²) in [4.78, 5) is 12.3. The zero-order valence-electron chi connectivity index (χ0n) is 10.5. The van der Waals surface area contributed by atoms with Gasteiger partial charge in [-0.15, -0.1) is 0 Å². The Bertz CT molecular complexity index is 445. The fourth-order valence-electron chi connectivity index (χ4n) is 2.49. The van der Waals surface area contributed by atoms with Gasteiger partial charge in [0.1, 0.15) is 11.2 Å². The molecule has 1 aromatic rings. The predicted molar refractivity (Wildman–Crippen MR) is 66.5 cm³/mol. The molecule has 1 unspecified atom stereocenters. The second-order valence-corrected chi connectivity index (χ2v) is 4.68. The average Bonchev–Trinajstić information content (AvgIpc) is 3.16. The Hall–Kier alpha value is -1.42. The second kappa shape index (κ2) is 5.06. The summed E-state index contributed by atoms with van der Waals surface area (Å²) in [6.07, 6.45) is 1.87. The van der Waals surface area contributed by atoms with Crippen molar-refractivity contribution >= 4 is 5.97 Å². The quantitative estimate of drug-likeness (QED) is 0.814. The summed E-state index contributed by atoms with van der Waals surface area (Å²) in [5.41, 5.74) is 5.59. The molecule has 1 fully saturated rings. The lowest BCUT2D eigenvalue weighted by atomic mass is 9.76. The van der Waals surface area contributed by atoms with Crippen LogP contribution in [0.5, 0.6) is 0 Å². The number of hydrogen-bond acceptors (Lipinski definition) is 3. The number of esters is 1. The SMILES string of the molecule is CCOC(=O)C(CN)(c1cccc(F)c1)C1CC1.